The van der Waals surface area contributed by atoms with Gasteiger partial charge in [0.15, 0.2) is 5.76 Å². The van der Waals surface area contributed by atoms with Crippen molar-refractivity contribution in [3.63, 3.8) is 0 Å². The smallest absolute Gasteiger partial charge is 0.150 e. The zero-order chi connectivity index (χ0) is 14.7. The average Bonchev–Trinajstić information content (AvgIpc) is 2.79. The molecule has 4 nitrogen and oxygen atoms in total. The summed E-state index contributed by atoms with van der Waals surface area (Å²) in [5, 5.41) is 7.69. The molecule has 4 heteroatoms. The zero-order valence-electron chi connectivity index (χ0n) is 12.8. The van der Waals surface area contributed by atoms with E-state index in [1.165, 1.54) is 5.56 Å². The van der Waals surface area contributed by atoms with Crippen LogP contribution in [0.15, 0.2) is 40.9 Å². The molecule has 21 heavy (non-hydrogen) atoms. The number of rotatable bonds is 3. The molecule has 2 aromatic rings. The highest BCUT2D eigenvalue weighted by molar-refractivity contribution is 5.24. The van der Waals surface area contributed by atoms with Gasteiger partial charge in [-0.1, -0.05) is 35.5 Å². The molecular weight excluding hydrogens is 262 g/mol. The van der Waals surface area contributed by atoms with E-state index in [9.17, 15) is 0 Å². The van der Waals surface area contributed by atoms with Gasteiger partial charge in [-0.15, -0.1) is 0 Å². The SMILES string of the molecule is Cc1cc(CN2CCCNC(C)(c3ccccc3)C2)on1. The van der Waals surface area contributed by atoms with Gasteiger partial charge >= 0.3 is 0 Å². The first-order valence-electron chi connectivity index (χ1n) is 7.61. The second-order valence-electron chi connectivity index (χ2n) is 6.12. The third-order valence-corrected chi connectivity index (χ3v) is 4.17. The number of benzene rings is 1. The molecule has 0 spiro atoms. The van der Waals surface area contributed by atoms with Gasteiger partial charge in [0.05, 0.1) is 17.8 Å². The molecule has 112 valence electrons. The summed E-state index contributed by atoms with van der Waals surface area (Å²) in [5.74, 6) is 0.949. The number of nitrogens with one attached hydrogen (secondary N) is 1. The summed E-state index contributed by atoms with van der Waals surface area (Å²) in [7, 11) is 0. The van der Waals surface area contributed by atoms with E-state index >= 15 is 0 Å². The van der Waals surface area contributed by atoms with Gasteiger partial charge in [-0.25, -0.2) is 0 Å². The minimum absolute atomic E-state index is 0.0210. The van der Waals surface area contributed by atoms with E-state index in [2.05, 4.69) is 52.6 Å². The normalized spacial score (nSPS) is 23.9. The summed E-state index contributed by atoms with van der Waals surface area (Å²) >= 11 is 0. The molecular formula is C17H23N3O. The van der Waals surface area contributed by atoms with Gasteiger partial charge in [-0.2, -0.15) is 0 Å². The van der Waals surface area contributed by atoms with E-state index in [0.29, 0.717) is 0 Å². The monoisotopic (exact) mass is 285 g/mol. The van der Waals surface area contributed by atoms with Crippen LogP contribution in [0, 0.1) is 6.92 Å². The minimum atomic E-state index is -0.0210. The Kier molecular flexibility index (Phi) is 4.08. The van der Waals surface area contributed by atoms with E-state index in [4.69, 9.17) is 4.52 Å². The lowest BCUT2D eigenvalue weighted by Crippen LogP contribution is -2.46. The lowest BCUT2D eigenvalue weighted by Gasteiger charge is -2.33. The molecule has 2 heterocycles. The summed E-state index contributed by atoms with van der Waals surface area (Å²) in [4.78, 5) is 2.45. The summed E-state index contributed by atoms with van der Waals surface area (Å²) < 4.78 is 5.37. The van der Waals surface area contributed by atoms with Gasteiger partial charge in [-0.05, 0) is 38.9 Å². The largest absolute Gasteiger partial charge is 0.360 e. The molecule has 0 radical (unpaired) electrons. The third-order valence-electron chi connectivity index (χ3n) is 4.17. The van der Waals surface area contributed by atoms with Crippen LogP contribution in [0.4, 0.5) is 0 Å². The van der Waals surface area contributed by atoms with Crippen LogP contribution in [-0.2, 0) is 12.1 Å². The van der Waals surface area contributed by atoms with E-state index < -0.39 is 0 Å². The van der Waals surface area contributed by atoms with Crippen molar-refractivity contribution in [1.82, 2.24) is 15.4 Å². The van der Waals surface area contributed by atoms with Gasteiger partial charge in [0, 0.05) is 12.6 Å². The first-order valence-corrected chi connectivity index (χ1v) is 7.61. The predicted octanol–water partition coefficient (Wildman–Crippen LogP) is 2.69. The topological polar surface area (TPSA) is 41.3 Å². The Bertz CT molecular complexity index is 581. The number of aryl methyl sites for hydroxylation is 1. The van der Waals surface area contributed by atoms with Crippen molar-refractivity contribution in [2.24, 2.45) is 0 Å². The first-order chi connectivity index (χ1) is 10.2. The van der Waals surface area contributed by atoms with Gasteiger partial charge in [0.1, 0.15) is 0 Å². The summed E-state index contributed by atoms with van der Waals surface area (Å²) in [6.45, 7) is 8.16. The molecule has 1 saturated heterocycles. The third kappa shape index (κ3) is 3.34. The molecule has 1 aromatic carbocycles. The molecule has 1 aliphatic rings. The number of nitrogens with zero attached hydrogens (tertiary/aromatic N) is 2. The van der Waals surface area contributed by atoms with Crippen LogP contribution in [0.3, 0.4) is 0 Å². The highest BCUT2D eigenvalue weighted by atomic mass is 16.5. The minimum Gasteiger partial charge on any atom is -0.360 e. The van der Waals surface area contributed by atoms with Gasteiger partial charge in [0.25, 0.3) is 0 Å². The molecule has 0 amide bonds. The van der Waals surface area contributed by atoms with Crippen LogP contribution in [0.25, 0.3) is 0 Å². The van der Waals surface area contributed by atoms with Crippen molar-refractivity contribution in [1.29, 1.82) is 0 Å². The molecule has 1 aliphatic heterocycles. The van der Waals surface area contributed by atoms with E-state index in [1.807, 2.05) is 13.0 Å². The quantitative estimate of drug-likeness (QED) is 0.941. The Morgan fingerprint density at radius 3 is 2.86 bits per heavy atom. The highest BCUT2D eigenvalue weighted by Crippen LogP contribution is 2.25. The standard InChI is InChI=1S/C17H23N3O/c1-14-11-16(21-19-14)12-20-10-6-9-18-17(2,13-20)15-7-4-3-5-8-15/h3-5,7-8,11,18H,6,9-10,12-13H2,1-2H3. The van der Waals surface area contributed by atoms with Crippen LogP contribution < -0.4 is 5.32 Å². The van der Waals surface area contributed by atoms with Gasteiger partial charge < -0.3 is 9.84 Å². The Morgan fingerprint density at radius 2 is 2.14 bits per heavy atom. The maximum atomic E-state index is 5.37. The summed E-state index contributed by atoms with van der Waals surface area (Å²) in [6.07, 6.45) is 1.15. The molecule has 1 fully saturated rings. The van der Waals surface area contributed by atoms with Gasteiger partial charge in [-0.3, -0.25) is 4.90 Å². The first kappa shape index (κ1) is 14.3. The van der Waals surface area contributed by atoms with Crippen molar-refractivity contribution in [2.45, 2.75) is 32.4 Å². The lowest BCUT2D eigenvalue weighted by atomic mass is 9.91. The highest BCUT2D eigenvalue weighted by Gasteiger charge is 2.30. The molecule has 0 saturated carbocycles. The maximum Gasteiger partial charge on any atom is 0.150 e. The number of hydrogen-bond acceptors (Lipinski definition) is 4. The molecule has 1 atom stereocenters. The average molecular weight is 285 g/mol. The fraction of sp³-hybridized carbons (Fsp3) is 0.471. The van der Waals surface area contributed by atoms with Crippen LogP contribution in [-0.4, -0.2) is 29.7 Å². The number of aromatic nitrogens is 1. The Hall–Kier alpha value is -1.65. The van der Waals surface area contributed by atoms with Crippen molar-refractivity contribution in [3.8, 4) is 0 Å². The maximum absolute atomic E-state index is 5.37. The second-order valence-corrected chi connectivity index (χ2v) is 6.12. The Balaban J connectivity index is 1.77. The molecule has 0 aliphatic carbocycles. The van der Waals surface area contributed by atoms with E-state index in [0.717, 1.165) is 44.1 Å². The molecule has 3 rings (SSSR count). The number of hydrogen-bond donors (Lipinski definition) is 1. The van der Waals surface area contributed by atoms with Crippen LogP contribution in [0.2, 0.25) is 0 Å². The molecule has 0 bridgehead atoms. The lowest BCUT2D eigenvalue weighted by molar-refractivity contribution is 0.193. The summed E-state index contributed by atoms with van der Waals surface area (Å²) in [5.41, 5.74) is 2.27. The van der Waals surface area contributed by atoms with E-state index in [1.54, 1.807) is 0 Å². The van der Waals surface area contributed by atoms with Gasteiger partial charge in [0.2, 0.25) is 0 Å². The van der Waals surface area contributed by atoms with Crippen molar-refractivity contribution < 1.29 is 4.52 Å². The Morgan fingerprint density at radius 1 is 1.33 bits per heavy atom. The second kappa shape index (κ2) is 6.00. The Labute approximate surface area is 126 Å². The van der Waals surface area contributed by atoms with Crippen molar-refractivity contribution in [2.75, 3.05) is 19.6 Å². The molecule has 1 unspecified atom stereocenters. The molecule has 1 aromatic heterocycles. The summed E-state index contributed by atoms with van der Waals surface area (Å²) in [6, 6.07) is 12.7. The van der Waals surface area contributed by atoms with Crippen LogP contribution in [0.5, 0.6) is 0 Å². The predicted molar refractivity (Wildman–Crippen MR) is 82.9 cm³/mol. The zero-order valence-corrected chi connectivity index (χ0v) is 12.8. The molecule has 1 N–H and O–H groups in total. The van der Waals surface area contributed by atoms with Crippen molar-refractivity contribution in [3.05, 3.63) is 53.4 Å². The van der Waals surface area contributed by atoms with Crippen LogP contribution in [0.1, 0.15) is 30.4 Å². The van der Waals surface area contributed by atoms with E-state index in [-0.39, 0.29) is 5.54 Å². The fourth-order valence-corrected chi connectivity index (χ4v) is 3.09. The van der Waals surface area contributed by atoms with Crippen molar-refractivity contribution >= 4 is 0 Å². The fourth-order valence-electron chi connectivity index (χ4n) is 3.09. The van der Waals surface area contributed by atoms with Crippen LogP contribution >= 0.6 is 0 Å².